The second-order valence-electron chi connectivity index (χ2n) is 13.6. The van der Waals surface area contributed by atoms with Gasteiger partial charge in [-0.1, -0.05) is 141 Å². The first-order valence-electron chi connectivity index (χ1n) is 17.6. The lowest BCUT2D eigenvalue weighted by Gasteiger charge is -2.36. The summed E-state index contributed by atoms with van der Waals surface area (Å²) in [5.41, 5.74) is 15.7. The first-order valence-corrected chi connectivity index (χ1v) is 17.6. The Bertz CT molecular complexity index is 2400. The van der Waals surface area contributed by atoms with Crippen LogP contribution in [0.15, 0.2) is 152 Å². The van der Waals surface area contributed by atoms with Crippen LogP contribution in [0, 0.1) is 11.3 Å². The normalized spacial score (nSPS) is 14.1. The van der Waals surface area contributed by atoms with Gasteiger partial charge in [0.05, 0.1) is 23.0 Å². The van der Waals surface area contributed by atoms with Crippen molar-refractivity contribution in [3.8, 4) is 73.4 Å². The molecule has 0 atom stereocenters. The molecule has 0 bridgehead atoms. The number of nitrogens with zero attached hydrogens (tertiary/aromatic N) is 3. The van der Waals surface area contributed by atoms with Crippen LogP contribution in [0.5, 0.6) is 0 Å². The van der Waals surface area contributed by atoms with Gasteiger partial charge in [0.15, 0.2) is 5.82 Å². The van der Waals surface area contributed by atoms with Gasteiger partial charge in [0.25, 0.3) is 0 Å². The van der Waals surface area contributed by atoms with Crippen molar-refractivity contribution in [3.05, 3.63) is 168 Å². The first-order chi connectivity index (χ1) is 24.7. The fraction of sp³-hybridized carbons (Fsp3) is 0.128. The maximum atomic E-state index is 9.74. The van der Waals surface area contributed by atoms with Crippen LogP contribution < -0.4 is 0 Å². The van der Waals surface area contributed by atoms with Gasteiger partial charge in [-0.05, 0) is 87.7 Å². The highest BCUT2D eigenvalue weighted by Gasteiger charge is 2.44. The molecule has 238 valence electrons. The molecule has 2 aliphatic carbocycles. The number of benzene rings is 6. The smallest absolute Gasteiger partial charge is 0.160 e. The summed E-state index contributed by atoms with van der Waals surface area (Å²) < 4.78 is 0. The van der Waals surface area contributed by atoms with E-state index in [4.69, 9.17) is 9.97 Å². The van der Waals surface area contributed by atoms with E-state index >= 15 is 0 Å². The van der Waals surface area contributed by atoms with Gasteiger partial charge >= 0.3 is 0 Å². The highest BCUT2D eigenvalue weighted by molar-refractivity contribution is 5.85. The van der Waals surface area contributed by atoms with E-state index in [1.165, 1.54) is 63.8 Å². The predicted molar refractivity (Wildman–Crippen MR) is 203 cm³/mol. The minimum absolute atomic E-state index is 0.0222. The summed E-state index contributed by atoms with van der Waals surface area (Å²) in [6.45, 7) is 0. The maximum absolute atomic E-state index is 9.74. The van der Waals surface area contributed by atoms with Crippen molar-refractivity contribution < 1.29 is 0 Å². The largest absolute Gasteiger partial charge is 0.228 e. The van der Waals surface area contributed by atoms with E-state index in [2.05, 4.69) is 127 Å². The fourth-order valence-electron chi connectivity index (χ4n) is 8.22. The molecule has 2 aliphatic rings. The van der Waals surface area contributed by atoms with Gasteiger partial charge in [-0.25, -0.2) is 9.97 Å². The summed E-state index contributed by atoms with van der Waals surface area (Å²) in [5, 5.41) is 9.74. The zero-order chi connectivity index (χ0) is 33.5. The van der Waals surface area contributed by atoms with Crippen LogP contribution in [0.4, 0.5) is 0 Å². The van der Waals surface area contributed by atoms with Crippen LogP contribution in [0.3, 0.4) is 0 Å². The van der Waals surface area contributed by atoms with Gasteiger partial charge in [0.2, 0.25) is 0 Å². The lowest BCUT2D eigenvalue weighted by molar-refractivity contribution is 0.353. The average Bonchev–Trinajstić information content (AvgIpc) is 3.45. The van der Waals surface area contributed by atoms with Crippen LogP contribution in [0.1, 0.15) is 48.8 Å². The van der Waals surface area contributed by atoms with Crippen LogP contribution >= 0.6 is 0 Å². The molecule has 1 fully saturated rings. The Hall–Kier alpha value is -6.11. The Morgan fingerprint density at radius 2 is 0.980 bits per heavy atom. The van der Waals surface area contributed by atoms with Crippen molar-refractivity contribution in [3.63, 3.8) is 0 Å². The van der Waals surface area contributed by atoms with E-state index in [1.807, 2.05) is 30.3 Å². The fourth-order valence-corrected chi connectivity index (χ4v) is 8.22. The molecule has 1 saturated carbocycles. The maximum Gasteiger partial charge on any atom is 0.160 e. The minimum Gasteiger partial charge on any atom is -0.228 e. The molecule has 0 saturated heterocycles. The minimum atomic E-state index is -0.0222. The molecule has 6 aromatic carbocycles. The molecule has 0 amide bonds. The molecular formula is C47H35N3. The summed E-state index contributed by atoms with van der Waals surface area (Å²) in [6, 6.07) is 55.9. The molecule has 0 unspecified atom stereocenters. The Labute approximate surface area is 293 Å². The molecule has 1 heterocycles. The Kier molecular flexibility index (Phi) is 7.44. The summed E-state index contributed by atoms with van der Waals surface area (Å²) in [6.07, 6.45) is 5.96. The van der Waals surface area contributed by atoms with Crippen molar-refractivity contribution in [2.24, 2.45) is 0 Å². The van der Waals surface area contributed by atoms with Crippen molar-refractivity contribution in [2.45, 2.75) is 37.5 Å². The van der Waals surface area contributed by atoms with Gasteiger partial charge in [-0.3, -0.25) is 0 Å². The van der Waals surface area contributed by atoms with Crippen LogP contribution in [0.2, 0.25) is 0 Å². The second-order valence-corrected chi connectivity index (χ2v) is 13.6. The number of rotatable bonds is 5. The third kappa shape index (κ3) is 5.21. The summed E-state index contributed by atoms with van der Waals surface area (Å²) >= 11 is 0. The molecule has 0 N–H and O–H groups in total. The average molecular weight is 642 g/mol. The molecule has 0 radical (unpaired) electrons. The van der Waals surface area contributed by atoms with Gasteiger partial charge in [0, 0.05) is 22.1 Å². The second kappa shape index (κ2) is 12.4. The Morgan fingerprint density at radius 1 is 0.440 bits per heavy atom. The van der Waals surface area contributed by atoms with Gasteiger partial charge < -0.3 is 0 Å². The Balaban J connectivity index is 1.13. The molecule has 0 aliphatic heterocycles. The third-order valence-corrected chi connectivity index (χ3v) is 10.7. The van der Waals surface area contributed by atoms with E-state index < -0.39 is 0 Å². The van der Waals surface area contributed by atoms with Crippen LogP contribution in [-0.2, 0) is 5.41 Å². The topological polar surface area (TPSA) is 49.6 Å². The lowest BCUT2D eigenvalue weighted by atomic mass is 9.67. The van der Waals surface area contributed by atoms with Crippen molar-refractivity contribution in [1.29, 1.82) is 5.26 Å². The highest BCUT2D eigenvalue weighted by Crippen LogP contribution is 2.56. The van der Waals surface area contributed by atoms with Gasteiger partial charge in [-0.2, -0.15) is 5.26 Å². The van der Waals surface area contributed by atoms with Crippen LogP contribution in [-0.4, -0.2) is 9.97 Å². The number of aromatic nitrogens is 2. The van der Waals surface area contributed by atoms with Crippen molar-refractivity contribution in [2.75, 3.05) is 0 Å². The zero-order valence-electron chi connectivity index (χ0n) is 27.8. The Morgan fingerprint density at radius 3 is 1.70 bits per heavy atom. The molecule has 3 heteroatoms. The number of fused-ring (bicyclic) bond motifs is 5. The molecule has 7 aromatic rings. The van der Waals surface area contributed by atoms with E-state index in [1.54, 1.807) is 0 Å². The van der Waals surface area contributed by atoms with Gasteiger partial charge in [0.1, 0.15) is 0 Å². The molecular weight excluding hydrogens is 607 g/mol. The summed E-state index contributed by atoms with van der Waals surface area (Å²) in [5.74, 6) is 0.710. The number of hydrogen-bond acceptors (Lipinski definition) is 3. The first kappa shape index (κ1) is 30.0. The molecule has 1 aromatic heterocycles. The van der Waals surface area contributed by atoms with E-state index in [9.17, 15) is 5.26 Å². The van der Waals surface area contributed by atoms with Crippen LogP contribution in [0.25, 0.3) is 67.3 Å². The number of hydrogen-bond donors (Lipinski definition) is 0. The summed E-state index contributed by atoms with van der Waals surface area (Å²) in [7, 11) is 0. The van der Waals surface area contributed by atoms with Gasteiger partial charge in [-0.15, -0.1) is 0 Å². The molecule has 50 heavy (non-hydrogen) atoms. The SMILES string of the molecule is N#Cc1ccc2c(c1)C1(CCCCC1)c1cc(-c3cccc(-c4cc(-c5ccc(-c6ccccc6)cc5)nc(-c5ccccc5)n4)c3)ccc1-2. The number of nitriles is 1. The molecule has 1 spiro atoms. The third-order valence-electron chi connectivity index (χ3n) is 10.7. The van der Waals surface area contributed by atoms with Crippen molar-refractivity contribution in [1.82, 2.24) is 9.97 Å². The molecule has 9 rings (SSSR count). The highest BCUT2D eigenvalue weighted by atomic mass is 14.9. The summed E-state index contributed by atoms with van der Waals surface area (Å²) in [4.78, 5) is 10.2. The standard InChI is InChI=1S/C47H35N3/c48-31-32-17-23-40-41-24-22-38(29-43(41)47(42(40)27-32)25-8-3-9-26-47)37-15-10-16-39(28-37)45-30-44(49-46(50-45)36-13-6-2-7-14-36)35-20-18-34(19-21-35)33-11-4-1-5-12-33/h1-2,4-7,10-24,27-30H,3,8-9,25-26H2. The quantitative estimate of drug-likeness (QED) is 0.188. The predicted octanol–water partition coefficient (Wildman–Crippen LogP) is 11.9. The van der Waals surface area contributed by atoms with Crippen molar-refractivity contribution >= 4 is 0 Å². The van der Waals surface area contributed by atoms with E-state index in [0.29, 0.717) is 5.82 Å². The molecule has 3 nitrogen and oxygen atoms in total. The lowest BCUT2D eigenvalue weighted by Crippen LogP contribution is -2.28. The van der Waals surface area contributed by atoms with E-state index in [-0.39, 0.29) is 5.41 Å². The monoisotopic (exact) mass is 641 g/mol. The zero-order valence-corrected chi connectivity index (χ0v) is 27.8. The van der Waals surface area contributed by atoms with E-state index in [0.717, 1.165) is 46.5 Å².